The Kier molecular flexibility index (Phi) is 6.27. The lowest BCUT2D eigenvalue weighted by molar-refractivity contribution is -0.116. The lowest BCUT2D eigenvalue weighted by Crippen LogP contribution is -2.33. The van der Waals surface area contributed by atoms with Gasteiger partial charge in [0.2, 0.25) is 15.9 Å². The number of rotatable bonds is 7. The smallest absolute Gasteiger partial charge is 0.232 e. The van der Waals surface area contributed by atoms with E-state index >= 15 is 0 Å². The van der Waals surface area contributed by atoms with E-state index in [9.17, 15) is 26.8 Å². The molecule has 0 saturated heterocycles. The van der Waals surface area contributed by atoms with Crippen LogP contribution in [-0.4, -0.2) is 32.9 Å². The highest BCUT2D eigenvalue weighted by molar-refractivity contribution is 7.92. The van der Waals surface area contributed by atoms with Crippen LogP contribution in [0.2, 0.25) is 0 Å². The van der Waals surface area contributed by atoms with E-state index in [4.69, 9.17) is 0 Å². The van der Waals surface area contributed by atoms with Crippen molar-refractivity contribution >= 4 is 33.1 Å². The molecule has 0 aromatic heterocycles. The molecule has 0 aliphatic heterocycles. The van der Waals surface area contributed by atoms with Crippen LogP contribution in [0.15, 0.2) is 42.5 Å². The maximum Gasteiger partial charge on any atom is 0.232 e. The molecule has 0 saturated carbocycles. The van der Waals surface area contributed by atoms with Crippen molar-refractivity contribution in [1.29, 1.82) is 0 Å². The molecule has 2 rings (SSSR count). The van der Waals surface area contributed by atoms with E-state index in [1.807, 2.05) is 0 Å². The van der Waals surface area contributed by atoms with Crippen LogP contribution in [-0.2, 0) is 14.8 Å². The number of nitrogens with zero attached hydrogens (tertiary/aromatic N) is 1. The summed E-state index contributed by atoms with van der Waals surface area (Å²) in [6.45, 7) is 1.24. The Labute approximate surface area is 155 Å². The molecule has 2 aromatic rings. The lowest BCUT2D eigenvalue weighted by atomic mass is 10.1. The first kappa shape index (κ1) is 20.5. The van der Waals surface area contributed by atoms with Gasteiger partial charge in [0.25, 0.3) is 0 Å². The molecule has 27 heavy (non-hydrogen) atoms. The van der Waals surface area contributed by atoms with Crippen molar-refractivity contribution in [1.82, 2.24) is 0 Å². The monoisotopic (exact) mass is 396 g/mol. The van der Waals surface area contributed by atoms with Gasteiger partial charge in [-0.3, -0.25) is 13.9 Å². The van der Waals surface area contributed by atoms with Gasteiger partial charge in [-0.05, 0) is 43.3 Å². The Bertz CT molecular complexity index is 960. The van der Waals surface area contributed by atoms with E-state index in [1.165, 1.54) is 37.3 Å². The highest BCUT2D eigenvalue weighted by Gasteiger charge is 2.19. The van der Waals surface area contributed by atoms with Crippen LogP contribution in [0.25, 0.3) is 0 Å². The van der Waals surface area contributed by atoms with Gasteiger partial charge >= 0.3 is 0 Å². The van der Waals surface area contributed by atoms with Crippen LogP contribution < -0.4 is 9.62 Å². The molecule has 0 atom stereocenters. The maximum atomic E-state index is 13.2. The number of anilines is 2. The molecule has 0 radical (unpaired) electrons. The molecule has 0 fully saturated rings. The second-order valence-electron chi connectivity index (χ2n) is 5.87. The van der Waals surface area contributed by atoms with Gasteiger partial charge in [-0.2, -0.15) is 0 Å². The molecule has 0 spiro atoms. The predicted octanol–water partition coefficient (Wildman–Crippen LogP) is 2.96. The first-order valence-electron chi connectivity index (χ1n) is 7.91. The van der Waals surface area contributed by atoms with Gasteiger partial charge in [-0.15, -0.1) is 0 Å². The zero-order valence-corrected chi connectivity index (χ0v) is 15.5. The normalized spacial score (nSPS) is 11.1. The third-order valence-corrected chi connectivity index (χ3v) is 4.90. The third-order valence-electron chi connectivity index (χ3n) is 3.71. The lowest BCUT2D eigenvalue weighted by Gasteiger charge is -2.22. The summed E-state index contributed by atoms with van der Waals surface area (Å²) >= 11 is 0. The number of ketones is 1. The number of hydrogen-bond donors (Lipinski definition) is 1. The Hall–Kier alpha value is -2.81. The maximum absolute atomic E-state index is 13.2. The molecule has 0 heterocycles. The number of carbonyl (C=O) groups excluding carboxylic acids is 2. The van der Waals surface area contributed by atoms with Gasteiger partial charge in [-0.25, -0.2) is 17.2 Å². The molecule has 1 N–H and O–H groups in total. The summed E-state index contributed by atoms with van der Waals surface area (Å²) in [7, 11) is -3.67. The standard InChI is InChI=1S/C18H18F2N2O4S/c1-12(23)13-3-6-15(7-4-13)22(27(2,25)26)10-9-18(24)21-14-5-8-16(19)17(20)11-14/h3-8,11H,9-10H2,1-2H3,(H,21,24). The molecule has 6 nitrogen and oxygen atoms in total. The number of halogens is 2. The SMILES string of the molecule is CC(=O)c1ccc(N(CCC(=O)Nc2ccc(F)c(F)c2)S(C)(=O)=O)cc1. The minimum absolute atomic E-state index is 0.0654. The third kappa shape index (κ3) is 5.58. The Balaban J connectivity index is 2.09. The quantitative estimate of drug-likeness (QED) is 0.730. The zero-order chi connectivity index (χ0) is 20.2. The summed E-state index contributed by atoms with van der Waals surface area (Å²) in [5.74, 6) is -2.85. The number of Topliss-reactive ketones (excluding diaryl/α,β-unsaturated/α-hetero) is 1. The van der Waals surface area contributed by atoms with Crippen molar-refractivity contribution in [2.45, 2.75) is 13.3 Å². The van der Waals surface area contributed by atoms with Crippen LogP contribution >= 0.6 is 0 Å². The van der Waals surface area contributed by atoms with Crippen LogP contribution in [0, 0.1) is 11.6 Å². The molecule has 0 aliphatic carbocycles. The second kappa shape index (κ2) is 8.26. The highest BCUT2D eigenvalue weighted by Crippen LogP contribution is 2.19. The van der Waals surface area contributed by atoms with E-state index in [0.29, 0.717) is 11.3 Å². The summed E-state index contributed by atoms with van der Waals surface area (Å²) in [4.78, 5) is 23.3. The van der Waals surface area contributed by atoms with Crippen molar-refractivity contribution in [2.24, 2.45) is 0 Å². The van der Waals surface area contributed by atoms with Gasteiger partial charge < -0.3 is 5.32 Å². The van der Waals surface area contributed by atoms with Crippen LogP contribution in [0.5, 0.6) is 0 Å². The van der Waals surface area contributed by atoms with Crippen molar-refractivity contribution in [2.75, 3.05) is 22.4 Å². The Morgan fingerprint density at radius 1 is 1.04 bits per heavy atom. The van der Waals surface area contributed by atoms with Gasteiger partial charge in [0.15, 0.2) is 17.4 Å². The summed E-state index contributed by atoms with van der Waals surface area (Å²) in [6, 6.07) is 8.86. The Morgan fingerprint density at radius 3 is 2.19 bits per heavy atom. The van der Waals surface area contributed by atoms with Crippen molar-refractivity contribution in [3.63, 3.8) is 0 Å². The van der Waals surface area contributed by atoms with Gasteiger partial charge in [0.1, 0.15) is 0 Å². The van der Waals surface area contributed by atoms with E-state index < -0.39 is 27.6 Å². The summed E-state index contributed by atoms with van der Waals surface area (Å²) in [6.07, 6.45) is 0.791. The molecular formula is C18H18F2N2O4S. The number of hydrogen-bond acceptors (Lipinski definition) is 4. The number of nitrogens with one attached hydrogen (secondary N) is 1. The zero-order valence-electron chi connectivity index (χ0n) is 14.7. The number of carbonyl (C=O) groups is 2. The van der Waals surface area contributed by atoms with Gasteiger partial charge in [-0.1, -0.05) is 0 Å². The van der Waals surface area contributed by atoms with E-state index in [0.717, 1.165) is 22.7 Å². The molecule has 0 aliphatic rings. The van der Waals surface area contributed by atoms with Crippen LogP contribution in [0.1, 0.15) is 23.7 Å². The molecule has 0 bridgehead atoms. The van der Waals surface area contributed by atoms with E-state index in [1.54, 1.807) is 0 Å². The molecule has 2 aromatic carbocycles. The highest BCUT2D eigenvalue weighted by atomic mass is 32.2. The fourth-order valence-electron chi connectivity index (χ4n) is 2.35. The number of amides is 1. The molecule has 144 valence electrons. The van der Waals surface area contributed by atoms with Crippen LogP contribution in [0.3, 0.4) is 0 Å². The predicted molar refractivity (Wildman–Crippen MR) is 98.2 cm³/mol. The second-order valence-corrected chi connectivity index (χ2v) is 7.77. The van der Waals surface area contributed by atoms with Crippen molar-refractivity contribution < 1.29 is 26.8 Å². The minimum Gasteiger partial charge on any atom is -0.326 e. The first-order chi connectivity index (χ1) is 12.6. The fourth-order valence-corrected chi connectivity index (χ4v) is 3.28. The van der Waals surface area contributed by atoms with Crippen molar-refractivity contribution in [3.05, 3.63) is 59.7 Å². The largest absolute Gasteiger partial charge is 0.326 e. The average Bonchev–Trinajstić information content (AvgIpc) is 2.57. The van der Waals surface area contributed by atoms with Crippen molar-refractivity contribution in [3.8, 4) is 0 Å². The van der Waals surface area contributed by atoms with E-state index in [2.05, 4.69) is 5.32 Å². The number of sulfonamides is 1. The average molecular weight is 396 g/mol. The Morgan fingerprint density at radius 2 is 1.67 bits per heavy atom. The fraction of sp³-hybridized carbons (Fsp3) is 0.222. The summed E-state index contributed by atoms with van der Waals surface area (Å²) < 4.78 is 51.2. The summed E-state index contributed by atoms with van der Waals surface area (Å²) in [5, 5.41) is 2.38. The number of benzene rings is 2. The molecule has 0 unspecified atom stereocenters. The van der Waals surface area contributed by atoms with Crippen LogP contribution in [0.4, 0.5) is 20.2 Å². The first-order valence-corrected chi connectivity index (χ1v) is 9.76. The summed E-state index contributed by atoms with van der Waals surface area (Å²) in [5.41, 5.74) is 0.807. The topological polar surface area (TPSA) is 83.6 Å². The molecule has 9 heteroatoms. The van der Waals surface area contributed by atoms with Gasteiger partial charge in [0, 0.05) is 30.3 Å². The molecule has 1 amide bonds. The van der Waals surface area contributed by atoms with Gasteiger partial charge in [0.05, 0.1) is 11.9 Å². The minimum atomic E-state index is -3.67. The van der Waals surface area contributed by atoms with E-state index in [-0.39, 0.29) is 24.4 Å². The molecular weight excluding hydrogens is 378 g/mol.